The second-order valence-electron chi connectivity index (χ2n) is 23.5. The number of nitrogens with two attached hydrogens (primary N) is 1. The average Bonchev–Trinajstić information content (AvgIpc) is 1.21. The number of ether oxygens (including phenoxy) is 1. The number of aryl methyl sites for hydroxylation is 2. The van der Waals surface area contributed by atoms with Crippen LogP contribution < -0.4 is 26.9 Å². The number of nitrogens with one attached hydrogen (secondary N) is 1. The van der Waals surface area contributed by atoms with E-state index in [0.717, 1.165) is 188 Å². The molecule has 17 nitrogen and oxygen atoms in total. The van der Waals surface area contributed by atoms with Crippen LogP contribution in [0.15, 0.2) is 127 Å². The number of terminal acetylenes is 1. The number of hydrogen-bond donors (Lipinski definition) is 3. The molecule has 3 unspecified atom stereocenters. The lowest BCUT2D eigenvalue weighted by Crippen LogP contribution is -2.24. The third kappa shape index (κ3) is 27.2. The van der Waals surface area contributed by atoms with Gasteiger partial charge in [0.25, 0.3) is 17.6 Å². The monoisotopic (exact) mass is 1440 g/mol. The maximum absolute atomic E-state index is 12.8. The number of pyridine rings is 2. The van der Waals surface area contributed by atoms with E-state index in [2.05, 4.69) is 136 Å². The first-order valence-electron chi connectivity index (χ1n) is 31.1. The summed E-state index contributed by atoms with van der Waals surface area (Å²) in [6, 6.07) is 27.5. The molecule has 5 aliphatic rings. The molecule has 7 aromatic rings. The summed E-state index contributed by atoms with van der Waals surface area (Å²) in [6.45, 7) is 13.9. The SMILES string of the molecule is C#Cc1ccccn1.CC1CCC(=NO)CC1.CC1CCC(=O)CC1.CC1CCNC(=O)CC1.CC1CCc2nc3cc(Br)ccc3c(=O)n2CC1.CC1CCc2nc3cc(C#Cc4ccccn4)ccc3c(=O)n2CC1.Nc1cc(Br)ccc1OC=O.O=S(Cl)Cl. The minimum atomic E-state index is -1.67. The van der Waals surface area contributed by atoms with Gasteiger partial charge in [-0.25, -0.2) is 24.1 Å². The van der Waals surface area contributed by atoms with Crippen LogP contribution >= 0.6 is 53.2 Å². The van der Waals surface area contributed by atoms with Crippen LogP contribution in [0, 0.1) is 53.8 Å². The number of carbonyl (C=O) groups excluding carboxylic acids is 3. The molecule has 4 aromatic heterocycles. The fourth-order valence-electron chi connectivity index (χ4n) is 10.2. The summed E-state index contributed by atoms with van der Waals surface area (Å²) >= 11 is 6.65. The molecule has 12 rings (SSSR count). The van der Waals surface area contributed by atoms with Crippen molar-refractivity contribution in [3.8, 4) is 29.9 Å². The Labute approximate surface area is 568 Å². The molecule has 7 heterocycles. The van der Waals surface area contributed by atoms with Gasteiger partial charge in [0.15, 0.2) is 5.75 Å². The highest BCUT2D eigenvalue weighted by Gasteiger charge is 2.20. The van der Waals surface area contributed by atoms with Gasteiger partial charge in [-0.15, -0.1) is 6.42 Å². The minimum Gasteiger partial charge on any atom is -0.427 e. The van der Waals surface area contributed by atoms with Gasteiger partial charge in [-0.3, -0.25) is 33.1 Å². The molecule has 0 bridgehead atoms. The van der Waals surface area contributed by atoms with Crippen LogP contribution in [0.4, 0.5) is 5.69 Å². The number of benzene rings is 3. The van der Waals surface area contributed by atoms with E-state index in [9.17, 15) is 24.0 Å². The number of fused-ring (bicyclic) bond motifs is 4. The van der Waals surface area contributed by atoms with E-state index in [0.29, 0.717) is 46.6 Å². The van der Waals surface area contributed by atoms with Crippen LogP contribution in [0.5, 0.6) is 5.75 Å². The van der Waals surface area contributed by atoms with Crippen molar-refractivity contribution in [1.29, 1.82) is 0 Å². The summed E-state index contributed by atoms with van der Waals surface area (Å²) < 4.78 is 19.2. The van der Waals surface area contributed by atoms with Gasteiger partial charge in [0.2, 0.25) is 15.1 Å². The van der Waals surface area contributed by atoms with E-state index in [1.807, 2.05) is 75.9 Å². The quantitative estimate of drug-likeness (QED) is 0.0365. The highest BCUT2D eigenvalue weighted by Crippen LogP contribution is 2.26. The molecule has 2 aliphatic carbocycles. The lowest BCUT2D eigenvalue weighted by Gasteiger charge is -2.17. The summed E-state index contributed by atoms with van der Waals surface area (Å²) in [7, 11) is 7.36. The van der Waals surface area contributed by atoms with E-state index in [1.165, 1.54) is 12.8 Å². The van der Waals surface area contributed by atoms with Gasteiger partial charge in [0.05, 0.1) is 33.2 Å². The van der Waals surface area contributed by atoms with Gasteiger partial charge in [0, 0.05) is 100 Å². The number of hydrogen-bond acceptors (Lipinski definition) is 14. The van der Waals surface area contributed by atoms with Crippen molar-refractivity contribution in [3.05, 3.63) is 162 Å². The second kappa shape index (κ2) is 40.8. The Kier molecular flexibility index (Phi) is 33.6. The van der Waals surface area contributed by atoms with Crippen molar-refractivity contribution in [2.24, 2.45) is 34.7 Å². The van der Waals surface area contributed by atoms with Crippen LogP contribution in [-0.2, 0) is 49.5 Å². The number of ketones is 1. The molecule has 1 amide bonds. The molecule has 1 saturated heterocycles. The lowest BCUT2D eigenvalue weighted by atomic mass is 9.90. The molecule has 2 saturated carbocycles. The molecule has 4 N–H and O–H groups in total. The summed E-state index contributed by atoms with van der Waals surface area (Å²) in [5, 5.41) is 15.8. The molecule has 3 atom stereocenters. The standard InChI is InChI=1S/C21H19N3O.C14H15BrN2O.C7H6BrNO2.2C7H13NO.C7H5N.C7H12O.Cl2OS/c1-15-5-10-20-23-19-14-16(6-8-17-4-2-3-12-22-17)7-9-18(19)21(25)24(20)13-11-15;1-9-2-5-13-16-12-8-10(15)3-4-11(12)14(18)17(13)7-6-9;8-5-1-2-7(11-4-10)6(9)3-5;1-6-2-4-7(8-9)5-3-6;1-6-2-3-7(9)8-5-4-6;1-2-7-5-3-4-6-8-7;1-6-2-4-7(8)5-3-6;1-4(2)3/h2-4,7,9,12,14-15H,5,10-11,13H2,1H3;3-4,8-9H,2,5-7H2,1H3;1-4H,9H2;6,9H,2-5H2,1H3;6H,2-5H2,1H3,(H,8,9);1,3-6H;6H,2-5H2,1H3;. The number of anilines is 1. The normalized spacial score (nSPS) is 18.2. The van der Waals surface area contributed by atoms with Gasteiger partial charge in [-0.05, 0) is 191 Å². The van der Waals surface area contributed by atoms with E-state index in [-0.39, 0.29) is 17.0 Å². The van der Waals surface area contributed by atoms with Crippen molar-refractivity contribution in [1.82, 2.24) is 34.4 Å². The van der Waals surface area contributed by atoms with Crippen molar-refractivity contribution in [2.45, 2.75) is 157 Å². The van der Waals surface area contributed by atoms with Crippen LogP contribution in [0.2, 0.25) is 0 Å². The van der Waals surface area contributed by atoms with E-state index >= 15 is 0 Å². The molecule has 0 radical (unpaired) electrons. The molecule has 22 heteroatoms. The Hall–Kier alpha value is -7.07. The summed E-state index contributed by atoms with van der Waals surface area (Å²) in [4.78, 5) is 74.0. The van der Waals surface area contributed by atoms with Crippen molar-refractivity contribution < 1.29 is 28.5 Å². The summed E-state index contributed by atoms with van der Waals surface area (Å²) in [5.41, 5.74) is 10.9. The van der Waals surface area contributed by atoms with E-state index in [4.69, 9.17) is 26.6 Å². The van der Waals surface area contributed by atoms with Crippen LogP contribution in [0.3, 0.4) is 0 Å². The first-order chi connectivity index (χ1) is 44.2. The Bertz CT molecular complexity index is 3800. The van der Waals surface area contributed by atoms with Crippen molar-refractivity contribution >= 4 is 114 Å². The zero-order valence-corrected chi connectivity index (χ0v) is 58.4. The molecule has 490 valence electrons. The predicted molar refractivity (Wildman–Crippen MR) is 377 cm³/mol. The number of nitrogens with zero attached hydrogens (tertiary/aromatic N) is 7. The predicted octanol–water partition coefficient (Wildman–Crippen LogP) is 14.7. The van der Waals surface area contributed by atoms with Crippen LogP contribution in [-0.4, -0.2) is 68.9 Å². The molecule has 0 spiro atoms. The van der Waals surface area contributed by atoms with E-state index in [1.54, 1.807) is 36.7 Å². The molecule has 3 aliphatic heterocycles. The zero-order valence-electron chi connectivity index (χ0n) is 52.9. The van der Waals surface area contributed by atoms with Gasteiger partial charge >= 0.3 is 0 Å². The van der Waals surface area contributed by atoms with Crippen LogP contribution in [0.1, 0.15) is 160 Å². The summed E-state index contributed by atoms with van der Waals surface area (Å²) in [6.07, 6.45) is 25.7. The van der Waals surface area contributed by atoms with Crippen molar-refractivity contribution in [3.63, 3.8) is 0 Å². The lowest BCUT2D eigenvalue weighted by molar-refractivity contribution is -0.121. The Balaban J connectivity index is 0.000000202. The highest BCUT2D eigenvalue weighted by molar-refractivity contribution is 9.10. The number of aromatic nitrogens is 6. The second-order valence-corrected chi connectivity index (χ2v) is 27.8. The number of Topliss-reactive ketones (excluding diaryl/α,β-unsaturated/α-hetero) is 1. The van der Waals surface area contributed by atoms with Crippen molar-refractivity contribution in [2.75, 3.05) is 12.3 Å². The van der Waals surface area contributed by atoms with Gasteiger partial charge in [0.1, 0.15) is 28.8 Å². The molecule has 3 aromatic carbocycles. The van der Waals surface area contributed by atoms with E-state index < -0.39 is 9.23 Å². The minimum absolute atomic E-state index is 0.0679. The summed E-state index contributed by atoms with van der Waals surface area (Å²) in [5.74, 6) is 15.1. The molecule has 3 fully saturated rings. The van der Waals surface area contributed by atoms with Gasteiger partial charge in [-0.2, -0.15) is 0 Å². The molecule has 92 heavy (non-hydrogen) atoms. The first-order valence-corrected chi connectivity index (χ1v) is 35.5. The Morgan fingerprint density at radius 1 is 0.641 bits per heavy atom. The van der Waals surface area contributed by atoms with Crippen LogP contribution in [0.25, 0.3) is 21.8 Å². The maximum atomic E-state index is 12.8. The smallest absolute Gasteiger partial charge is 0.298 e. The van der Waals surface area contributed by atoms with Gasteiger partial charge < -0.3 is 21.0 Å². The number of carbonyl (C=O) groups is 3. The number of amides is 1. The molecular weight excluding hydrogens is 1360 g/mol. The third-order valence-electron chi connectivity index (χ3n) is 16.1. The number of rotatable bonds is 2. The Morgan fingerprint density at radius 3 is 1.62 bits per heavy atom. The number of oxime groups is 1. The molecular formula is C70H83Br2Cl2N9O8S. The topological polar surface area (TPSA) is 244 Å². The largest absolute Gasteiger partial charge is 0.427 e. The fourth-order valence-corrected chi connectivity index (χ4v) is 10.9. The average molecular weight is 1440 g/mol. The van der Waals surface area contributed by atoms with Gasteiger partial charge in [-0.1, -0.05) is 95.6 Å². The Morgan fingerprint density at radius 2 is 1.12 bits per heavy atom. The zero-order chi connectivity index (χ0) is 67.0. The third-order valence-corrected chi connectivity index (χ3v) is 17.0. The first kappa shape index (κ1) is 75.6. The maximum Gasteiger partial charge on any atom is 0.298 e. The number of halogens is 4. The fraction of sp³-hybridized carbons (Fsp3) is 0.429. The highest BCUT2D eigenvalue weighted by atomic mass is 79.9. The number of nitrogen functional groups attached to an aromatic ring is 1.